The van der Waals surface area contributed by atoms with Crippen LogP contribution in [0.15, 0.2) is 6.20 Å². The van der Waals surface area contributed by atoms with Crippen LogP contribution in [-0.4, -0.2) is 45.5 Å². The van der Waals surface area contributed by atoms with E-state index in [1.807, 2.05) is 0 Å². The van der Waals surface area contributed by atoms with Gasteiger partial charge in [-0.3, -0.25) is 4.79 Å². The summed E-state index contributed by atoms with van der Waals surface area (Å²) < 4.78 is 39.9. The predicted molar refractivity (Wildman–Crippen MR) is 52.6 cm³/mol. The van der Waals surface area contributed by atoms with Crippen LogP contribution in [0.1, 0.15) is 9.67 Å². The number of alkyl halides is 4. The fourth-order valence-electron chi connectivity index (χ4n) is 0.988. The summed E-state index contributed by atoms with van der Waals surface area (Å²) in [7, 11) is 0. The molecule has 0 radical (unpaired) electrons. The number of hydrogen-bond donors (Lipinski definition) is 0. The molecule has 0 aromatic carbocycles. The van der Waals surface area contributed by atoms with Crippen molar-refractivity contribution in [3.8, 4) is 0 Å². The monoisotopic (exact) mass is 273 g/mol. The second-order valence-electron chi connectivity index (χ2n) is 2.81. The summed E-state index contributed by atoms with van der Waals surface area (Å²) in [6, 6.07) is 0. The number of nitrogens with zero attached hydrogens (tertiary/aromatic N) is 3. The summed E-state index contributed by atoms with van der Waals surface area (Å²) in [6.07, 6.45) is -3.32. The van der Waals surface area contributed by atoms with Crippen molar-refractivity contribution in [2.75, 3.05) is 19.0 Å². The molecule has 1 rings (SSSR count). The van der Waals surface area contributed by atoms with Crippen molar-refractivity contribution in [2.45, 2.75) is 6.18 Å². The maximum atomic E-state index is 12.2. The number of rotatable bonds is 4. The Hall–Kier alpha value is -0.890. The molecule has 0 N–H and O–H groups in total. The van der Waals surface area contributed by atoms with Gasteiger partial charge in [-0.1, -0.05) is 4.49 Å². The molecule has 0 spiro atoms. The molecule has 1 heterocycles. The van der Waals surface area contributed by atoms with E-state index in [9.17, 15) is 18.0 Å². The first-order valence-corrected chi connectivity index (χ1v) is 5.44. The molecule has 1 aromatic heterocycles. The SMILES string of the molecule is O=C(c1cnns1)N(CCCl)CC(F)(F)F. The van der Waals surface area contributed by atoms with Gasteiger partial charge >= 0.3 is 6.18 Å². The van der Waals surface area contributed by atoms with Crippen LogP contribution in [-0.2, 0) is 0 Å². The molecular weight excluding hydrogens is 267 g/mol. The molecule has 0 unspecified atom stereocenters. The first-order valence-electron chi connectivity index (χ1n) is 4.13. The summed E-state index contributed by atoms with van der Waals surface area (Å²) >= 11 is 6.09. The summed E-state index contributed by atoms with van der Waals surface area (Å²) in [5, 5.41) is 3.39. The average Bonchev–Trinajstić information content (AvgIpc) is 2.66. The van der Waals surface area contributed by atoms with E-state index < -0.39 is 18.6 Å². The fraction of sp³-hybridized carbons (Fsp3) is 0.571. The minimum Gasteiger partial charge on any atom is -0.328 e. The lowest BCUT2D eigenvalue weighted by Gasteiger charge is -2.21. The zero-order valence-electron chi connectivity index (χ0n) is 7.87. The lowest BCUT2D eigenvalue weighted by Crippen LogP contribution is -2.39. The molecule has 0 aliphatic heterocycles. The molecule has 9 heteroatoms. The van der Waals surface area contributed by atoms with E-state index in [0.29, 0.717) is 4.90 Å². The van der Waals surface area contributed by atoms with Crippen LogP contribution in [0.2, 0.25) is 0 Å². The standard InChI is InChI=1S/C7H7ClF3N3OS/c8-1-2-14(4-7(9,10)11)6(15)5-3-12-13-16-5/h3H,1-2,4H2. The Labute approximate surface area is 98.2 Å². The van der Waals surface area contributed by atoms with E-state index in [1.54, 1.807) is 0 Å². The molecule has 4 nitrogen and oxygen atoms in total. The van der Waals surface area contributed by atoms with Gasteiger partial charge in [0.25, 0.3) is 5.91 Å². The normalized spacial score (nSPS) is 11.5. The second kappa shape index (κ2) is 5.44. The van der Waals surface area contributed by atoms with Crippen LogP contribution in [0.3, 0.4) is 0 Å². The van der Waals surface area contributed by atoms with E-state index >= 15 is 0 Å². The number of amides is 1. The molecule has 0 saturated carbocycles. The van der Waals surface area contributed by atoms with Crippen molar-refractivity contribution < 1.29 is 18.0 Å². The van der Waals surface area contributed by atoms with Gasteiger partial charge in [0, 0.05) is 12.4 Å². The molecule has 0 bridgehead atoms. The van der Waals surface area contributed by atoms with Gasteiger partial charge in [-0.25, -0.2) is 0 Å². The van der Waals surface area contributed by atoms with Gasteiger partial charge in [-0.05, 0) is 11.5 Å². The van der Waals surface area contributed by atoms with Gasteiger partial charge in [-0.15, -0.1) is 16.7 Å². The summed E-state index contributed by atoms with van der Waals surface area (Å²) in [4.78, 5) is 12.3. The third-order valence-electron chi connectivity index (χ3n) is 1.58. The van der Waals surface area contributed by atoms with E-state index in [0.717, 1.165) is 17.7 Å². The minimum absolute atomic E-state index is 0.0615. The van der Waals surface area contributed by atoms with Gasteiger partial charge in [-0.2, -0.15) is 13.2 Å². The van der Waals surface area contributed by atoms with E-state index in [1.165, 1.54) is 0 Å². The Morgan fingerprint density at radius 3 is 2.69 bits per heavy atom. The molecule has 1 amide bonds. The maximum Gasteiger partial charge on any atom is 0.406 e. The first kappa shape index (κ1) is 13.2. The van der Waals surface area contributed by atoms with Crippen molar-refractivity contribution in [3.05, 3.63) is 11.1 Å². The largest absolute Gasteiger partial charge is 0.406 e. The first-order chi connectivity index (χ1) is 7.44. The number of hydrogen-bond acceptors (Lipinski definition) is 4. The molecule has 16 heavy (non-hydrogen) atoms. The third kappa shape index (κ3) is 3.93. The van der Waals surface area contributed by atoms with Crippen LogP contribution < -0.4 is 0 Å². The topological polar surface area (TPSA) is 46.1 Å². The van der Waals surface area contributed by atoms with Gasteiger partial charge in [0.1, 0.15) is 11.4 Å². The molecule has 0 fully saturated rings. The fourth-order valence-corrected chi connectivity index (χ4v) is 1.68. The quantitative estimate of drug-likeness (QED) is 0.786. The predicted octanol–water partition coefficient (Wildman–Crippen LogP) is 1.78. The molecule has 0 atom stereocenters. The third-order valence-corrected chi connectivity index (χ3v) is 2.41. The molecule has 1 aromatic rings. The number of carbonyl (C=O) groups excluding carboxylic acids is 1. The Kier molecular flexibility index (Phi) is 4.48. The van der Waals surface area contributed by atoms with E-state index in [4.69, 9.17) is 11.6 Å². The maximum absolute atomic E-state index is 12.2. The summed E-state index contributed by atoms with van der Waals surface area (Å²) in [5.74, 6) is -0.818. The molecule has 90 valence electrons. The second-order valence-corrected chi connectivity index (χ2v) is 3.98. The highest BCUT2D eigenvalue weighted by atomic mass is 35.5. The highest BCUT2D eigenvalue weighted by molar-refractivity contribution is 7.07. The Morgan fingerprint density at radius 2 is 2.25 bits per heavy atom. The average molecular weight is 274 g/mol. The highest BCUT2D eigenvalue weighted by Gasteiger charge is 2.33. The minimum atomic E-state index is -4.44. The lowest BCUT2D eigenvalue weighted by atomic mass is 10.4. The Bertz CT molecular complexity index is 343. The smallest absolute Gasteiger partial charge is 0.328 e. The zero-order valence-corrected chi connectivity index (χ0v) is 9.44. The lowest BCUT2D eigenvalue weighted by molar-refractivity contribution is -0.140. The van der Waals surface area contributed by atoms with Crippen LogP contribution >= 0.6 is 23.1 Å². The molecule has 0 saturated heterocycles. The van der Waals surface area contributed by atoms with Crippen molar-refractivity contribution >= 4 is 29.0 Å². The van der Waals surface area contributed by atoms with E-state index in [-0.39, 0.29) is 17.3 Å². The van der Waals surface area contributed by atoms with E-state index in [2.05, 4.69) is 9.59 Å². The van der Waals surface area contributed by atoms with Gasteiger partial charge < -0.3 is 4.90 Å². The van der Waals surface area contributed by atoms with Crippen molar-refractivity contribution in [1.29, 1.82) is 0 Å². The number of carbonyl (C=O) groups is 1. The van der Waals surface area contributed by atoms with Gasteiger partial charge in [0.15, 0.2) is 0 Å². The highest BCUT2D eigenvalue weighted by Crippen LogP contribution is 2.18. The number of halogens is 4. The summed E-state index contributed by atoms with van der Waals surface area (Å²) in [5.41, 5.74) is 0. The van der Waals surface area contributed by atoms with Crippen molar-refractivity contribution in [1.82, 2.24) is 14.5 Å². The van der Waals surface area contributed by atoms with Crippen LogP contribution in [0.5, 0.6) is 0 Å². The summed E-state index contributed by atoms with van der Waals surface area (Å²) in [6.45, 7) is -1.49. The molecule has 0 aliphatic rings. The van der Waals surface area contributed by atoms with Crippen molar-refractivity contribution in [2.24, 2.45) is 0 Å². The van der Waals surface area contributed by atoms with Crippen LogP contribution in [0.25, 0.3) is 0 Å². The van der Waals surface area contributed by atoms with Gasteiger partial charge in [0.05, 0.1) is 6.20 Å². The van der Waals surface area contributed by atoms with Crippen LogP contribution in [0.4, 0.5) is 13.2 Å². The Balaban J connectivity index is 2.74. The molecular formula is C7H7ClF3N3OS. The van der Waals surface area contributed by atoms with Gasteiger partial charge in [0.2, 0.25) is 0 Å². The van der Waals surface area contributed by atoms with Crippen molar-refractivity contribution in [3.63, 3.8) is 0 Å². The Morgan fingerprint density at radius 1 is 1.56 bits per heavy atom. The van der Waals surface area contributed by atoms with Crippen LogP contribution in [0, 0.1) is 0 Å². The molecule has 0 aliphatic carbocycles. The zero-order chi connectivity index (χ0) is 12.2. The number of aromatic nitrogens is 2.